The zero-order valence-electron chi connectivity index (χ0n) is 14.2. The fourth-order valence-corrected chi connectivity index (χ4v) is 3.09. The topological polar surface area (TPSA) is 133 Å². The van der Waals surface area contributed by atoms with Crippen molar-refractivity contribution >= 4 is 17.2 Å². The average Bonchev–Trinajstić information content (AvgIpc) is 2.86. The maximum Gasteiger partial charge on any atom is 0.294 e. The van der Waals surface area contributed by atoms with Gasteiger partial charge in [0.05, 0.1) is 31.2 Å². The Morgan fingerprint density at radius 3 is 2.76 bits per heavy atom. The van der Waals surface area contributed by atoms with Gasteiger partial charge in [0.2, 0.25) is 0 Å². The van der Waals surface area contributed by atoms with E-state index in [1.54, 1.807) is 21.5 Å². The number of aliphatic hydroxyl groups is 1. The van der Waals surface area contributed by atoms with Crippen LogP contribution in [0.4, 0.5) is 11.5 Å². The Hall–Kier alpha value is -2.52. The van der Waals surface area contributed by atoms with E-state index in [-0.39, 0.29) is 17.9 Å². The summed E-state index contributed by atoms with van der Waals surface area (Å²) in [5.41, 5.74) is 13.3. The molecule has 3 rings (SSSR count). The summed E-state index contributed by atoms with van der Waals surface area (Å²) in [4.78, 5) is 17.1. The van der Waals surface area contributed by atoms with Crippen LogP contribution in [0.2, 0.25) is 0 Å². The summed E-state index contributed by atoms with van der Waals surface area (Å²) in [6.45, 7) is 1.66. The van der Waals surface area contributed by atoms with Crippen LogP contribution in [0.5, 0.6) is 0 Å². The van der Waals surface area contributed by atoms with E-state index in [0.717, 1.165) is 12.8 Å². The number of nitrogen functional groups attached to an aromatic ring is 1. The molecule has 0 fully saturated rings. The Balaban J connectivity index is 2.06. The fraction of sp³-hybridized carbons (Fsp3) is 0.500. The van der Waals surface area contributed by atoms with Crippen LogP contribution in [0, 0.1) is 0 Å². The number of ether oxygens (including phenoxy) is 1. The van der Waals surface area contributed by atoms with Gasteiger partial charge >= 0.3 is 0 Å². The van der Waals surface area contributed by atoms with Gasteiger partial charge in [0.1, 0.15) is 5.76 Å². The van der Waals surface area contributed by atoms with Crippen LogP contribution in [0.25, 0.3) is 0 Å². The predicted molar refractivity (Wildman–Crippen MR) is 95.7 cm³/mol. The van der Waals surface area contributed by atoms with Gasteiger partial charge in [0, 0.05) is 25.7 Å². The summed E-state index contributed by atoms with van der Waals surface area (Å²) in [5.74, 6) is 0.900. The second kappa shape index (κ2) is 7.16. The molecular formula is C16H24N6O3. The lowest BCUT2D eigenvalue weighted by Gasteiger charge is -2.21. The van der Waals surface area contributed by atoms with Crippen molar-refractivity contribution in [2.75, 3.05) is 26.0 Å². The molecule has 0 radical (unpaired) electrons. The molecule has 136 valence electrons. The Morgan fingerprint density at radius 1 is 1.40 bits per heavy atom. The number of methoxy groups -OCH3 is 1. The number of aliphatic hydroxyl groups excluding tert-OH is 1. The summed E-state index contributed by atoms with van der Waals surface area (Å²) < 4.78 is 8.70. The summed E-state index contributed by atoms with van der Waals surface area (Å²) in [5, 5.41) is 12.1. The van der Waals surface area contributed by atoms with Crippen LogP contribution in [-0.2, 0) is 17.8 Å². The monoisotopic (exact) mass is 348 g/mol. The number of hydrogen-bond donors (Lipinski definition) is 4. The van der Waals surface area contributed by atoms with Crippen LogP contribution < -0.4 is 22.3 Å². The highest BCUT2D eigenvalue weighted by molar-refractivity contribution is 6.10. The van der Waals surface area contributed by atoms with Gasteiger partial charge in [-0.15, -0.1) is 0 Å². The molecule has 0 amide bonds. The first-order valence-electron chi connectivity index (χ1n) is 8.32. The van der Waals surface area contributed by atoms with Crippen molar-refractivity contribution in [2.45, 2.75) is 32.0 Å². The van der Waals surface area contributed by atoms with Gasteiger partial charge in [-0.3, -0.25) is 9.48 Å². The molecule has 6 N–H and O–H groups in total. The number of allylic oxidation sites excluding steroid dienone is 1. The third-order valence-corrected chi connectivity index (χ3v) is 4.36. The van der Waals surface area contributed by atoms with Gasteiger partial charge in [-0.1, -0.05) is 0 Å². The van der Waals surface area contributed by atoms with Crippen LogP contribution in [-0.4, -0.2) is 46.5 Å². The number of nitrogens with zero attached hydrogens (tertiary/aromatic N) is 3. The molecule has 2 aliphatic rings. The van der Waals surface area contributed by atoms with E-state index < -0.39 is 6.04 Å². The summed E-state index contributed by atoms with van der Waals surface area (Å²) in [6, 6.07) is -0.425. The minimum absolute atomic E-state index is 0.0357. The standard InChI is InChI=1S/C16H24N6O3/c1-25-13-9-12(11(8-10(13)17)19-4-7-23)20-14-15(18)21-5-2-3-6-22(21)16(14)24/h8-10,19,23H,2-7,17-18H2,1H3. The number of nitrogens with one attached hydrogen (secondary N) is 1. The second-order valence-corrected chi connectivity index (χ2v) is 6.00. The molecule has 0 saturated heterocycles. The maximum absolute atomic E-state index is 12.6. The normalized spacial score (nSPS) is 21.6. The largest absolute Gasteiger partial charge is 0.499 e. The smallest absolute Gasteiger partial charge is 0.294 e. The Kier molecular flexibility index (Phi) is 4.95. The van der Waals surface area contributed by atoms with Crippen LogP contribution in [0.15, 0.2) is 33.4 Å². The van der Waals surface area contributed by atoms with Gasteiger partial charge in [0.15, 0.2) is 11.5 Å². The van der Waals surface area contributed by atoms with Crippen molar-refractivity contribution in [3.05, 3.63) is 34.0 Å². The van der Waals surface area contributed by atoms with Crippen LogP contribution in [0.3, 0.4) is 0 Å². The first-order chi connectivity index (χ1) is 12.1. The zero-order valence-corrected chi connectivity index (χ0v) is 14.2. The van der Waals surface area contributed by atoms with Gasteiger partial charge < -0.3 is 26.6 Å². The molecule has 1 aliphatic heterocycles. The second-order valence-electron chi connectivity index (χ2n) is 6.00. The fourth-order valence-electron chi connectivity index (χ4n) is 3.09. The minimum atomic E-state index is -0.425. The van der Waals surface area contributed by atoms with Gasteiger partial charge in [-0.05, 0) is 18.9 Å². The molecule has 25 heavy (non-hydrogen) atoms. The summed E-state index contributed by atoms with van der Waals surface area (Å²) in [6.07, 6.45) is 5.37. The van der Waals surface area contributed by atoms with E-state index in [0.29, 0.717) is 42.6 Å². The number of hydrogen-bond acceptors (Lipinski definition) is 7. The summed E-state index contributed by atoms with van der Waals surface area (Å²) >= 11 is 0. The van der Waals surface area contributed by atoms with E-state index in [1.165, 1.54) is 7.11 Å². The molecule has 0 spiro atoms. The molecular weight excluding hydrogens is 324 g/mol. The first-order valence-corrected chi connectivity index (χ1v) is 8.32. The molecule has 0 bridgehead atoms. The zero-order chi connectivity index (χ0) is 18.0. The molecule has 1 atom stereocenters. The maximum atomic E-state index is 12.6. The predicted octanol–water partition coefficient (Wildman–Crippen LogP) is -0.565. The Labute approximate surface area is 145 Å². The van der Waals surface area contributed by atoms with Crippen molar-refractivity contribution in [3.63, 3.8) is 0 Å². The molecule has 1 aromatic heterocycles. The number of nitrogens with two attached hydrogens (primary N) is 2. The first kappa shape index (κ1) is 17.3. The van der Waals surface area contributed by atoms with E-state index in [4.69, 9.17) is 21.3 Å². The highest BCUT2D eigenvalue weighted by atomic mass is 16.5. The lowest BCUT2D eigenvalue weighted by Crippen LogP contribution is -2.32. The minimum Gasteiger partial charge on any atom is -0.499 e. The van der Waals surface area contributed by atoms with Gasteiger partial charge in [0.25, 0.3) is 5.56 Å². The Bertz CT molecular complexity index is 802. The van der Waals surface area contributed by atoms with Crippen molar-refractivity contribution in [3.8, 4) is 0 Å². The van der Waals surface area contributed by atoms with Crippen molar-refractivity contribution in [1.29, 1.82) is 0 Å². The molecule has 1 aliphatic carbocycles. The third-order valence-electron chi connectivity index (χ3n) is 4.36. The highest BCUT2D eigenvalue weighted by Crippen LogP contribution is 2.24. The summed E-state index contributed by atoms with van der Waals surface area (Å²) in [7, 11) is 1.53. The molecule has 9 heteroatoms. The lowest BCUT2D eigenvalue weighted by molar-refractivity contribution is 0.274. The van der Waals surface area contributed by atoms with E-state index in [1.807, 2.05) is 0 Å². The third kappa shape index (κ3) is 3.20. The average molecular weight is 348 g/mol. The van der Waals surface area contributed by atoms with Crippen LogP contribution >= 0.6 is 0 Å². The van der Waals surface area contributed by atoms with Gasteiger partial charge in [-0.25, -0.2) is 9.67 Å². The molecule has 0 aromatic carbocycles. The SMILES string of the molecule is COC1=CC(=Nc2c(N)n3n(c2=O)CCCC3)C(NCCO)=CC1N. The quantitative estimate of drug-likeness (QED) is 0.563. The molecule has 1 aromatic rings. The van der Waals surface area contributed by atoms with Crippen LogP contribution in [0.1, 0.15) is 12.8 Å². The molecule has 9 nitrogen and oxygen atoms in total. The lowest BCUT2D eigenvalue weighted by atomic mass is 10.0. The van der Waals surface area contributed by atoms with Crippen molar-refractivity contribution in [2.24, 2.45) is 10.7 Å². The molecule has 1 unspecified atom stereocenters. The van der Waals surface area contributed by atoms with Gasteiger partial charge in [-0.2, -0.15) is 0 Å². The highest BCUT2D eigenvalue weighted by Gasteiger charge is 2.23. The number of fused-ring (bicyclic) bond motifs is 1. The van der Waals surface area contributed by atoms with Crippen molar-refractivity contribution in [1.82, 2.24) is 14.7 Å². The van der Waals surface area contributed by atoms with Crippen molar-refractivity contribution < 1.29 is 9.84 Å². The van der Waals surface area contributed by atoms with E-state index in [9.17, 15) is 4.79 Å². The van der Waals surface area contributed by atoms with E-state index in [2.05, 4.69) is 10.3 Å². The Morgan fingerprint density at radius 2 is 2.12 bits per heavy atom. The number of anilines is 1. The van der Waals surface area contributed by atoms with E-state index >= 15 is 0 Å². The molecule has 2 heterocycles. The number of rotatable bonds is 5. The molecule has 0 saturated carbocycles. The number of aliphatic imine (C=N–C) groups is 1. The number of aromatic nitrogens is 2.